The maximum atomic E-state index is 12.9. The minimum Gasteiger partial charge on any atom is -0.322 e. The molecule has 6 nitrogen and oxygen atoms in total. The number of hydrogen-bond acceptors (Lipinski definition) is 4. The molecule has 0 unspecified atom stereocenters. The number of sulfonamides is 1. The van der Waals surface area contributed by atoms with Crippen molar-refractivity contribution in [1.29, 1.82) is 0 Å². The Balaban J connectivity index is 1.75. The molecular formula is C19H22BrN3O3S. The second kappa shape index (κ2) is 8.52. The van der Waals surface area contributed by atoms with Crippen LogP contribution in [-0.4, -0.2) is 56.3 Å². The summed E-state index contributed by atoms with van der Waals surface area (Å²) in [4.78, 5) is 14.8. The van der Waals surface area contributed by atoms with Crippen LogP contribution in [0.15, 0.2) is 57.9 Å². The van der Waals surface area contributed by atoms with Gasteiger partial charge in [-0.15, -0.1) is 0 Å². The molecule has 0 bridgehead atoms. The van der Waals surface area contributed by atoms with E-state index in [9.17, 15) is 13.2 Å². The minimum atomic E-state index is -3.57. The molecule has 8 heteroatoms. The molecule has 3 rings (SSSR count). The first-order chi connectivity index (χ1) is 12.9. The van der Waals surface area contributed by atoms with E-state index in [1.807, 2.05) is 0 Å². The Morgan fingerprint density at radius 2 is 1.74 bits per heavy atom. The van der Waals surface area contributed by atoms with Crippen molar-refractivity contribution in [3.63, 3.8) is 0 Å². The number of carbonyl (C=O) groups excluding carboxylic acids is 1. The Bertz CT molecular complexity index is 908. The summed E-state index contributed by atoms with van der Waals surface area (Å²) in [5.41, 5.74) is 0.957. The fourth-order valence-electron chi connectivity index (χ4n) is 2.97. The maximum absolute atomic E-state index is 12.9. The largest absolute Gasteiger partial charge is 0.322 e. The molecule has 0 radical (unpaired) electrons. The van der Waals surface area contributed by atoms with Crippen molar-refractivity contribution in [2.75, 3.05) is 38.0 Å². The maximum Gasteiger partial charge on any atom is 0.255 e. The van der Waals surface area contributed by atoms with E-state index >= 15 is 0 Å². The lowest BCUT2D eigenvalue weighted by Crippen LogP contribution is -2.48. The molecule has 1 saturated heterocycles. The predicted octanol–water partition coefficient (Wildman–Crippen LogP) is 3.03. The molecule has 1 aliphatic rings. The van der Waals surface area contributed by atoms with Gasteiger partial charge in [-0.25, -0.2) is 8.42 Å². The molecule has 0 aliphatic carbocycles. The van der Waals surface area contributed by atoms with Gasteiger partial charge in [-0.1, -0.05) is 28.9 Å². The molecule has 144 valence electrons. The molecule has 0 saturated carbocycles. The van der Waals surface area contributed by atoms with Crippen molar-refractivity contribution in [2.24, 2.45) is 0 Å². The lowest BCUT2D eigenvalue weighted by molar-refractivity contribution is 0.102. The summed E-state index contributed by atoms with van der Waals surface area (Å²) < 4.78 is 28.2. The second-order valence-electron chi connectivity index (χ2n) is 6.33. The summed E-state index contributed by atoms with van der Waals surface area (Å²) in [6, 6.07) is 13.4. The lowest BCUT2D eigenvalue weighted by Gasteiger charge is -2.33. The summed E-state index contributed by atoms with van der Waals surface area (Å²) >= 11 is 3.33. The van der Waals surface area contributed by atoms with Crippen LogP contribution in [0.5, 0.6) is 0 Å². The smallest absolute Gasteiger partial charge is 0.255 e. The van der Waals surface area contributed by atoms with Crippen molar-refractivity contribution in [2.45, 2.75) is 11.8 Å². The third kappa shape index (κ3) is 4.76. The van der Waals surface area contributed by atoms with Crippen LogP contribution in [0, 0.1) is 0 Å². The van der Waals surface area contributed by atoms with Crippen LogP contribution >= 0.6 is 15.9 Å². The Morgan fingerprint density at radius 1 is 1.07 bits per heavy atom. The number of nitrogens with zero attached hydrogens (tertiary/aromatic N) is 2. The van der Waals surface area contributed by atoms with E-state index in [0.717, 1.165) is 24.1 Å². The van der Waals surface area contributed by atoms with Crippen molar-refractivity contribution in [1.82, 2.24) is 9.21 Å². The normalized spacial score (nSPS) is 16.2. The molecule has 0 atom stereocenters. The highest BCUT2D eigenvalue weighted by Gasteiger charge is 2.28. The van der Waals surface area contributed by atoms with Gasteiger partial charge in [0.25, 0.3) is 5.91 Å². The standard InChI is InChI=1S/C19H22BrN3O3S/c1-2-22-10-12-23(13-11-22)27(25,26)18-5-3-4-17(14-18)21-19(24)15-6-8-16(20)9-7-15/h3-9,14H,2,10-13H2,1H3,(H,21,24). The summed E-state index contributed by atoms with van der Waals surface area (Å²) in [6.07, 6.45) is 0. The van der Waals surface area contributed by atoms with E-state index < -0.39 is 10.0 Å². The molecular weight excluding hydrogens is 430 g/mol. The van der Waals surface area contributed by atoms with Gasteiger partial charge >= 0.3 is 0 Å². The zero-order chi connectivity index (χ0) is 19.4. The fourth-order valence-corrected chi connectivity index (χ4v) is 4.71. The number of amides is 1. The monoisotopic (exact) mass is 451 g/mol. The number of hydrogen-bond donors (Lipinski definition) is 1. The van der Waals surface area contributed by atoms with E-state index in [2.05, 4.69) is 33.1 Å². The van der Waals surface area contributed by atoms with E-state index in [1.54, 1.807) is 42.5 Å². The van der Waals surface area contributed by atoms with Crippen molar-refractivity contribution in [3.05, 3.63) is 58.6 Å². The van der Waals surface area contributed by atoms with Gasteiger partial charge in [0.15, 0.2) is 0 Å². The number of nitrogens with one attached hydrogen (secondary N) is 1. The molecule has 1 fully saturated rings. The van der Waals surface area contributed by atoms with Gasteiger partial charge in [0.05, 0.1) is 4.90 Å². The quantitative estimate of drug-likeness (QED) is 0.758. The number of anilines is 1. The number of halogens is 1. The van der Waals surface area contributed by atoms with Crippen molar-refractivity contribution < 1.29 is 13.2 Å². The molecule has 2 aromatic carbocycles. The van der Waals surface area contributed by atoms with Crippen molar-refractivity contribution in [3.8, 4) is 0 Å². The number of likely N-dealkylation sites (N-methyl/N-ethyl adjacent to an activating group) is 1. The molecule has 1 aliphatic heterocycles. The Kier molecular flexibility index (Phi) is 6.31. The number of rotatable bonds is 5. The van der Waals surface area contributed by atoms with Gasteiger partial charge in [0.2, 0.25) is 10.0 Å². The summed E-state index contributed by atoms with van der Waals surface area (Å²) in [7, 11) is -3.57. The van der Waals surface area contributed by atoms with Gasteiger partial charge in [-0.3, -0.25) is 4.79 Å². The minimum absolute atomic E-state index is 0.195. The Labute approximate surface area is 168 Å². The highest BCUT2D eigenvalue weighted by molar-refractivity contribution is 9.10. The van der Waals surface area contributed by atoms with E-state index in [1.165, 1.54) is 10.4 Å². The molecule has 2 aromatic rings. The van der Waals surface area contributed by atoms with Gasteiger partial charge in [0.1, 0.15) is 0 Å². The van der Waals surface area contributed by atoms with Crippen LogP contribution in [0.1, 0.15) is 17.3 Å². The fraction of sp³-hybridized carbons (Fsp3) is 0.316. The number of piperazine rings is 1. The van der Waals surface area contributed by atoms with Crippen LogP contribution < -0.4 is 5.32 Å². The van der Waals surface area contributed by atoms with Gasteiger partial charge in [0, 0.05) is 41.9 Å². The number of benzene rings is 2. The summed E-state index contributed by atoms with van der Waals surface area (Å²) in [6.45, 7) is 5.41. The third-order valence-corrected chi connectivity index (χ3v) is 7.04. The zero-order valence-electron chi connectivity index (χ0n) is 15.1. The van der Waals surface area contributed by atoms with Crippen LogP contribution in [0.2, 0.25) is 0 Å². The van der Waals surface area contributed by atoms with Gasteiger partial charge in [-0.05, 0) is 49.0 Å². The van der Waals surface area contributed by atoms with Crippen LogP contribution in [0.25, 0.3) is 0 Å². The summed E-state index contributed by atoms with van der Waals surface area (Å²) in [5.74, 6) is -0.284. The number of carbonyl (C=O) groups is 1. The average molecular weight is 452 g/mol. The van der Waals surface area contributed by atoms with Gasteiger partial charge < -0.3 is 10.2 Å². The molecule has 1 heterocycles. The molecule has 1 amide bonds. The van der Waals surface area contributed by atoms with E-state index in [0.29, 0.717) is 24.3 Å². The van der Waals surface area contributed by atoms with E-state index in [-0.39, 0.29) is 10.8 Å². The topological polar surface area (TPSA) is 69.7 Å². The highest BCUT2D eigenvalue weighted by Crippen LogP contribution is 2.21. The average Bonchev–Trinajstić information content (AvgIpc) is 2.68. The third-order valence-electron chi connectivity index (χ3n) is 4.61. The second-order valence-corrected chi connectivity index (χ2v) is 9.18. The molecule has 27 heavy (non-hydrogen) atoms. The van der Waals surface area contributed by atoms with Gasteiger partial charge in [-0.2, -0.15) is 4.31 Å². The zero-order valence-corrected chi connectivity index (χ0v) is 17.5. The predicted molar refractivity (Wildman–Crippen MR) is 109 cm³/mol. The van der Waals surface area contributed by atoms with Crippen molar-refractivity contribution >= 4 is 37.5 Å². The summed E-state index contributed by atoms with van der Waals surface area (Å²) in [5, 5.41) is 2.76. The first-order valence-corrected chi connectivity index (χ1v) is 11.0. The Hall–Kier alpha value is -1.74. The van der Waals surface area contributed by atoms with Crippen LogP contribution in [-0.2, 0) is 10.0 Å². The molecule has 1 N–H and O–H groups in total. The SMILES string of the molecule is CCN1CCN(S(=O)(=O)c2cccc(NC(=O)c3ccc(Br)cc3)c2)CC1. The van der Waals surface area contributed by atoms with Crippen LogP contribution in [0.3, 0.4) is 0 Å². The van der Waals surface area contributed by atoms with Crippen LogP contribution in [0.4, 0.5) is 5.69 Å². The lowest BCUT2D eigenvalue weighted by atomic mass is 10.2. The molecule has 0 aromatic heterocycles. The first kappa shape index (κ1) is 20.0. The molecule has 0 spiro atoms. The first-order valence-electron chi connectivity index (χ1n) is 8.79. The highest BCUT2D eigenvalue weighted by atomic mass is 79.9. The van der Waals surface area contributed by atoms with E-state index in [4.69, 9.17) is 0 Å². The Morgan fingerprint density at radius 3 is 2.37 bits per heavy atom.